The maximum atomic E-state index is 13.1. The number of benzene rings is 2. The molecule has 1 aliphatic heterocycles. The standard InChI is InChI=1S/C27H31NO6/c1-5-33-26(30)25-22(15-24(29)32-4)23(19(3)21-13-9-10-18(2)14-21)16-28(25)27(31)34-17-20-11-7-6-8-12-20/h6-14,22-23,25H,3,5,15-17H2,1-2,4H3/t22-,23+,25-/m0/s1. The van der Waals surface area contributed by atoms with Crippen molar-refractivity contribution >= 4 is 23.6 Å². The molecule has 180 valence electrons. The zero-order valence-corrected chi connectivity index (χ0v) is 19.9. The molecule has 0 spiro atoms. The number of carbonyl (C=O) groups excluding carboxylic acids is 3. The minimum atomic E-state index is -0.992. The molecule has 34 heavy (non-hydrogen) atoms. The Labute approximate surface area is 200 Å². The molecule has 3 atom stereocenters. The molecule has 2 aromatic rings. The van der Waals surface area contributed by atoms with E-state index < -0.39 is 30.0 Å². The van der Waals surface area contributed by atoms with Crippen LogP contribution >= 0.6 is 0 Å². The van der Waals surface area contributed by atoms with Gasteiger partial charge < -0.3 is 14.2 Å². The molecule has 0 aromatic heterocycles. The van der Waals surface area contributed by atoms with Gasteiger partial charge in [0.15, 0.2) is 0 Å². The molecule has 2 aromatic carbocycles. The van der Waals surface area contributed by atoms with Gasteiger partial charge in [0, 0.05) is 18.4 Å². The van der Waals surface area contributed by atoms with E-state index in [9.17, 15) is 14.4 Å². The number of nitrogens with zero attached hydrogens (tertiary/aromatic N) is 1. The second-order valence-corrected chi connectivity index (χ2v) is 8.33. The quantitative estimate of drug-likeness (QED) is 0.425. The van der Waals surface area contributed by atoms with Crippen molar-refractivity contribution in [1.29, 1.82) is 0 Å². The number of methoxy groups -OCH3 is 1. The highest BCUT2D eigenvalue weighted by atomic mass is 16.6. The van der Waals surface area contributed by atoms with Crippen molar-refractivity contribution in [2.24, 2.45) is 11.8 Å². The van der Waals surface area contributed by atoms with Crippen LogP contribution in [0.15, 0.2) is 61.2 Å². The van der Waals surface area contributed by atoms with Gasteiger partial charge in [0.2, 0.25) is 0 Å². The molecule has 3 rings (SSSR count). The number of hydrogen-bond donors (Lipinski definition) is 0. The van der Waals surface area contributed by atoms with Gasteiger partial charge in [0.25, 0.3) is 0 Å². The molecule has 0 aliphatic carbocycles. The Hall–Kier alpha value is -3.61. The number of carbonyl (C=O) groups is 3. The lowest BCUT2D eigenvalue weighted by Crippen LogP contribution is -2.45. The maximum absolute atomic E-state index is 13.1. The van der Waals surface area contributed by atoms with Crippen LogP contribution in [0.4, 0.5) is 4.79 Å². The molecular formula is C27H31NO6. The van der Waals surface area contributed by atoms with Crippen LogP contribution in [0.2, 0.25) is 0 Å². The van der Waals surface area contributed by atoms with E-state index in [1.54, 1.807) is 6.92 Å². The first-order valence-electron chi connectivity index (χ1n) is 11.3. The molecule has 1 heterocycles. The summed E-state index contributed by atoms with van der Waals surface area (Å²) < 4.78 is 15.7. The van der Waals surface area contributed by atoms with E-state index in [1.807, 2.05) is 61.5 Å². The van der Waals surface area contributed by atoms with E-state index >= 15 is 0 Å². The predicted molar refractivity (Wildman–Crippen MR) is 128 cm³/mol. The van der Waals surface area contributed by atoms with Crippen molar-refractivity contribution < 1.29 is 28.6 Å². The second-order valence-electron chi connectivity index (χ2n) is 8.33. The van der Waals surface area contributed by atoms with E-state index in [1.165, 1.54) is 12.0 Å². The smallest absolute Gasteiger partial charge is 0.410 e. The fourth-order valence-electron chi connectivity index (χ4n) is 4.39. The first-order chi connectivity index (χ1) is 16.3. The lowest BCUT2D eigenvalue weighted by atomic mass is 9.80. The van der Waals surface area contributed by atoms with E-state index in [-0.39, 0.29) is 32.1 Å². The van der Waals surface area contributed by atoms with Crippen molar-refractivity contribution in [3.05, 3.63) is 77.9 Å². The molecular weight excluding hydrogens is 434 g/mol. The van der Waals surface area contributed by atoms with Gasteiger partial charge in [0.05, 0.1) is 20.1 Å². The number of ether oxygens (including phenoxy) is 3. The molecule has 0 saturated carbocycles. The summed E-state index contributed by atoms with van der Waals surface area (Å²) in [7, 11) is 1.30. The van der Waals surface area contributed by atoms with Gasteiger partial charge in [-0.3, -0.25) is 9.69 Å². The van der Waals surface area contributed by atoms with Crippen LogP contribution < -0.4 is 0 Å². The fourth-order valence-corrected chi connectivity index (χ4v) is 4.39. The average molecular weight is 466 g/mol. The third-order valence-corrected chi connectivity index (χ3v) is 6.09. The second kappa shape index (κ2) is 11.5. The summed E-state index contributed by atoms with van der Waals surface area (Å²) >= 11 is 0. The van der Waals surface area contributed by atoms with Crippen LogP contribution in [-0.4, -0.2) is 49.2 Å². The topological polar surface area (TPSA) is 82.1 Å². The summed E-state index contributed by atoms with van der Waals surface area (Å²) in [6.45, 7) is 8.34. The Morgan fingerprint density at radius 1 is 1.06 bits per heavy atom. The summed E-state index contributed by atoms with van der Waals surface area (Å²) in [6.07, 6.45) is -0.700. The van der Waals surface area contributed by atoms with Gasteiger partial charge in [-0.2, -0.15) is 0 Å². The van der Waals surface area contributed by atoms with Crippen LogP contribution in [0.1, 0.15) is 30.0 Å². The molecule has 1 fully saturated rings. The van der Waals surface area contributed by atoms with Crippen LogP contribution in [0.3, 0.4) is 0 Å². The molecule has 7 nitrogen and oxygen atoms in total. The van der Waals surface area contributed by atoms with Crippen molar-refractivity contribution in [2.75, 3.05) is 20.3 Å². The van der Waals surface area contributed by atoms with Crippen molar-refractivity contribution in [1.82, 2.24) is 4.90 Å². The third kappa shape index (κ3) is 5.84. The van der Waals surface area contributed by atoms with Crippen LogP contribution in [-0.2, 0) is 30.4 Å². The Kier molecular flexibility index (Phi) is 8.46. The van der Waals surface area contributed by atoms with Gasteiger partial charge in [-0.15, -0.1) is 0 Å². The monoisotopic (exact) mass is 465 g/mol. The average Bonchev–Trinajstić information content (AvgIpc) is 3.21. The first-order valence-corrected chi connectivity index (χ1v) is 11.3. The molecule has 1 saturated heterocycles. The summed E-state index contributed by atoms with van der Waals surface area (Å²) in [5.74, 6) is -1.98. The zero-order chi connectivity index (χ0) is 24.7. The van der Waals surface area contributed by atoms with Gasteiger partial charge in [-0.1, -0.05) is 66.7 Å². The summed E-state index contributed by atoms with van der Waals surface area (Å²) in [6, 6.07) is 16.1. The van der Waals surface area contributed by atoms with Crippen molar-refractivity contribution in [3.8, 4) is 0 Å². The highest BCUT2D eigenvalue weighted by Gasteiger charge is 2.51. The number of likely N-dealkylation sites (tertiary alicyclic amines) is 1. The normalized spacial score (nSPS) is 19.4. The highest BCUT2D eigenvalue weighted by Crippen LogP contribution is 2.41. The maximum Gasteiger partial charge on any atom is 0.410 e. The SMILES string of the molecule is C=C(c1cccc(C)c1)[C@H]1CN(C(=O)OCc2ccccc2)[C@H](C(=O)OCC)[C@H]1CC(=O)OC. The zero-order valence-electron chi connectivity index (χ0n) is 19.9. The van der Waals surface area contributed by atoms with Gasteiger partial charge in [0.1, 0.15) is 12.6 Å². The largest absolute Gasteiger partial charge is 0.469 e. The van der Waals surface area contributed by atoms with E-state index in [0.717, 1.165) is 22.3 Å². The molecule has 0 bridgehead atoms. The Balaban J connectivity index is 1.92. The number of rotatable bonds is 8. The van der Waals surface area contributed by atoms with Crippen molar-refractivity contribution in [3.63, 3.8) is 0 Å². The van der Waals surface area contributed by atoms with E-state index in [2.05, 4.69) is 6.58 Å². The van der Waals surface area contributed by atoms with E-state index in [0.29, 0.717) is 0 Å². The molecule has 1 aliphatic rings. The van der Waals surface area contributed by atoms with Crippen LogP contribution in [0.5, 0.6) is 0 Å². The molecule has 7 heteroatoms. The Bertz CT molecular complexity index is 1030. The van der Waals surface area contributed by atoms with Gasteiger partial charge in [-0.05, 0) is 30.5 Å². The lowest BCUT2D eigenvalue weighted by molar-refractivity contribution is -0.150. The minimum absolute atomic E-state index is 0.0576. The molecule has 0 unspecified atom stereocenters. The number of aryl methyl sites for hydroxylation is 1. The summed E-state index contributed by atoms with van der Waals surface area (Å²) in [5.41, 5.74) is 3.52. The molecule has 0 radical (unpaired) electrons. The molecule has 1 amide bonds. The number of amides is 1. The minimum Gasteiger partial charge on any atom is -0.469 e. The fraction of sp³-hybridized carbons (Fsp3) is 0.370. The summed E-state index contributed by atoms with van der Waals surface area (Å²) in [4.78, 5) is 39.8. The highest BCUT2D eigenvalue weighted by molar-refractivity contribution is 5.85. The van der Waals surface area contributed by atoms with Gasteiger partial charge >= 0.3 is 18.0 Å². The Morgan fingerprint density at radius 2 is 1.79 bits per heavy atom. The molecule has 0 N–H and O–H groups in total. The number of hydrogen-bond acceptors (Lipinski definition) is 6. The summed E-state index contributed by atoms with van der Waals surface area (Å²) in [5, 5.41) is 0. The predicted octanol–water partition coefficient (Wildman–Crippen LogP) is 4.39. The van der Waals surface area contributed by atoms with Crippen LogP contribution in [0, 0.1) is 18.8 Å². The van der Waals surface area contributed by atoms with Gasteiger partial charge in [-0.25, -0.2) is 9.59 Å². The third-order valence-electron chi connectivity index (χ3n) is 6.09. The first kappa shape index (κ1) is 25.0. The lowest BCUT2D eigenvalue weighted by Gasteiger charge is -2.26. The number of esters is 2. The Morgan fingerprint density at radius 3 is 2.44 bits per heavy atom. The van der Waals surface area contributed by atoms with Crippen LogP contribution in [0.25, 0.3) is 5.57 Å². The van der Waals surface area contributed by atoms with Crippen molar-refractivity contribution in [2.45, 2.75) is 32.9 Å². The van der Waals surface area contributed by atoms with E-state index in [4.69, 9.17) is 14.2 Å².